The predicted octanol–water partition coefficient (Wildman–Crippen LogP) is 6.06. The van der Waals surface area contributed by atoms with Crippen molar-refractivity contribution in [1.82, 2.24) is 4.57 Å². The Labute approximate surface area is 280 Å². The summed E-state index contributed by atoms with van der Waals surface area (Å²) in [4.78, 5) is 33.3. The molecule has 0 amide bonds. The van der Waals surface area contributed by atoms with E-state index in [2.05, 4.69) is 0 Å². The van der Waals surface area contributed by atoms with E-state index >= 15 is 0 Å². The summed E-state index contributed by atoms with van der Waals surface area (Å²) >= 11 is 1.22. The van der Waals surface area contributed by atoms with Crippen LogP contribution < -0.4 is 29.1 Å². The highest BCUT2D eigenvalue weighted by atomic mass is 32.1. The molecule has 8 nitrogen and oxygen atoms in total. The fourth-order valence-corrected chi connectivity index (χ4v) is 6.47. The Hall–Kier alpha value is -5.48. The lowest BCUT2D eigenvalue weighted by atomic mass is 9.93. The minimum atomic E-state index is -0.809. The summed E-state index contributed by atoms with van der Waals surface area (Å²) in [5, 5.41) is 0. The van der Waals surface area contributed by atoms with E-state index in [1.54, 1.807) is 73.2 Å². The van der Waals surface area contributed by atoms with Gasteiger partial charge in [0, 0.05) is 11.1 Å². The molecule has 0 aliphatic carbocycles. The second-order valence-electron chi connectivity index (χ2n) is 10.7. The third kappa shape index (κ3) is 6.65. The first-order chi connectivity index (χ1) is 23.4. The zero-order chi connectivity index (χ0) is 33.6. The molecular weight excluding hydrogens is 631 g/mol. The number of thiazole rings is 1. The summed E-state index contributed by atoms with van der Waals surface area (Å²) in [6.45, 7) is 4.17. The van der Waals surface area contributed by atoms with Gasteiger partial charge in [0.2, 0.25) is 0 Å². The van der Waals surface area contributed by atoms with E-state index in [1.807, 2.05) is 49.4 Å². The van der Waals surface area contributed by atoms with Crippen molar-refractivity contribution >= 4 is 29.1 Å². The third-order valence-corrected chi connectivity index (χ3v) is 8.69. The summed E-state index contributed by atoms with van der Waals surface area (Å²) in [5.41, 5.74) is 2.93. The fourth-order valence-electron chi connectivity index (χ4n) is 5.47. The minimum Gasteiger partial charge on any atom is -0.497 e. The Bertz CT molecular complexity index is 2160. The molecule has 0 saturated heterocycles. The van der Waals surface area contributed by atoms with Gasteiger partial charge < -0.3 is 18.9 Å². The molecule has 0 spiro atoms. The van der Waals surface area contributed by atoms with Crippen LogP contribution in [0.3, 0.4) is 0 Å². The quantitative estimate of drug-likeness (QED) is 0.160. The van der Waals surface area contributed by atoms with Crippen LogP contribution in [0.15, 0.2) is 112 Å². The lowest BCUT2D eigenvalue weighted by molar-refractivity contribution is -0.138. The molecule has 1 aliphatic rings. The van der Waals surface area contributed by atoms with Crippen LogP contribution in [0.5, 0.6) is 17.2 Å². The van der Waals surface area contributed by atoms with E-state index < -0.39 is 12.0 Å². The number of halogens is 1. The van der Waals surface area contributed by atoms with Crippen molar-refractivity contribution in [3.63, 3.8) is 0 Å². The number of methoxy groups -OCH3 is 1. The van der Waals surface area contributed by atoms with Gasteiger partial charge in [0.1, 0.15) is 18.2 Å². The molecule has 6 rings (SSSR count). The van der Waals surface area contributed by atoms with Gasteiger partial charge in [0.15, 0.2) is 16.3 Å². The number of hydrogen-bond donors (Lipinski definition) is 0. The van der Waals surface area contributed by atoms with Crippen LogP contribution in [0.25, 0.3) is 11.8 Å². The maximum Gasteiger partial charge on any atom is 0.338 e. The second-order valence-corrected chi connectivity index (χ2v) is 11.7. The van der Waals surface area contributed by atoms with Crippen molar-refractivity contribution < 1.29 is 28.1 Å². The van der Waals surface area contributed by atoms with Gasteiger partial charge >= 0.3 is 5.97 Å². The summed E-state index contributed by atoms with van der Waals surface area (Å²) < 4.78 is 38.8. The third-order valence-electron chi connectivity index (χ3n) is 7.71. The van der Waals surface area contributed by atoms with E-state index in [0.29, 0.717) is 55.6 Å². The smallest absolute Gasteiger partial charge is 0.338 e. The Balaban J connectivity index is 1.48. The minimum absolute atomic E-state index is 0.0304. The topological polar surface area (TPSA) is 88.4 Å². The molecular formula is C38H33FN2O6S. The first-order valence-electron chi connectivity index (χ1n) is 15.5. The highest BCUT2D eigenvalue weighted by Gasteiger charge is 2.35. The van der Waals surface area contributed by atoms with Crippen LogP contribution in [0.2, 0.25) is 0 Å². The fraction of sp³-hybridized carbons (Fsp3) is 0.184. The van der Waals surface area contributed by atoms with Crippen LogP contribution in [-0.4, -0.2) is 30.9 Å². The first kappa shape index (κ1) is 32.5. The highest BCUT2D eigenvalue weighted by molar-refractivity contribution is 7.07. The van der Waals surface area contributed by atoms with E-state index in [9.17, 15) is 14.0 Å². The maximum atomic E-state index is 14.3. The molecule has 2 heterocycles. The summed E-state index contributed by atoms with van der Waals surface area (Å²) in [7, 11) is 1.58. The zero-order valence-electron chi connectivity index (χ0n) is 26.6. The summed E-state index contributed by atoms with van der Waals surface area (Å²) in [5.74, 6) is 0.647. The van der Waals surface area contributed by atoms with E-state index in [1.165, 1.54) is 17.4 Å². The number of ether oxygens (including phenoxy) is 4. The Morgan fingerprint density at radius 2 is 1.67 bits per heavy atom. The van der Waals surface area contributed by atoms with E-state index in [4.69, 9.17) is 23.9 Å². The molecule has 1 atom stereocenters. The average molecular weight is 665 g/mol. The molecule has 0 radical (unpaired) electrons. The van der Waals surface area contributed by atoms with Crippen molar-refractivity contribution in [1.29, 1.82) is 0 Å². The number of nitrogens with zero attached hydrogens (tertiary/aromatic N) is 2. The number of fused-ring (bicyclic) bond motifs is 1. The first-order valence-corrected chi connectivity index (χ1v) is 16.3. The van der Waals surface area contributed by atoms with Crippen LogP contribution in [0, 0.1) is 5.82 Å². The normalized spacial score (nSPS) is 14.2. The van der Waals surface area contributed by atoms with Gasteiger partial charge in [0.25, 0.3) is 5.56 Å². The summed E-state index contributed by atoms with van der Waals surface area (Å²) in [6, 6.07) is 27.6. The average Bonchev–Trinajstić information content (AvgIpc) is 3.42. The van der Waals surface area contributed by atoms with Gasteiger partial charge in [-0.1, -0.05) is 78.1 Å². The van der Waals surface area contributed by atoms with Crippen LogP contribution >= 0.6 is 11.3 Å². The molecule has 1 aromatic heterocycles. The van der Waals surface area contributed by atoms with Crippen molar-refractivity contribution in [2.75, 3.05) is 20.3 Å². The molecule has 0 unspecified atom stereocenters. The Morgan fingerprint density at radius 1 is 0.917 bits per heavy atom. The number of aromatic nitrogens is 1. The van der Waals surface area contributed by atoms with Crippen molar-refractivity contribution in [3.05, 3.63) is 150 Å². The summed E-state index contributed by atoms with van der Waals surface area (Å²) in [6.07, 6.45) is 1.76. The highest BCUT2D eigenvalue weighted by Crippen LogP contribution is 2.36. The predicted molar refractivity (Wildman–Crippen MR) is 182 cm³/mol. The molecule has 4 aromatic carbocycles. The van der Waals surface area contributed by atoms with Crippen LogP contribution in [0.1, 0.15) is 42.1 Å². The number of carbonyl (C=O) groups is 1. The molecule has 0 fully saturated rings. The molecule has 244 valence electrons. The van der Waals surface area contributed by atoms with Gasteiger partial charge in [-0.05, 0) is 61.4 Å². The molecule has 0 saturated carbocycles. The van der Waals surface area contributed by atoms with Crippen LogP contribution in [-0.2, 0) is 16.1 Å². The molecule has 10 heteroatoms. The largest absolute Gasteiger partial charge is 0.497 e. The number of carbonyl (C=O) groups excluding carboxylic acids is 1. The SMILES string of the molecule is CCOC(=O)C1=C(c2ccccc2)N=c2s/c(=C\c3ccc(OCc4ccccc4F)c(OCC)c3)c(=O)n2[C@H]1c1ccc(OC)cc1. The monoisotopic (exact) mass is 664 g/mol. The standard InChI is InChI=1S/C38H33FN2O6S/c1-4-45-31-21-24(15-20-30(31)47-23-27-13-9-10-14-29(27)39)22-32-36(42)41-35(26-16-18-28(44-3)19-17-26)33(37(43)46-5-2)34(40-38(41)48-32)25-11-7-6-8-12-25/h6-22,35H,4-5,23H2,1-3H3/b32-22-/t35-/m0/s1. The lowest BCUT2D eigenvalue weighted by Crippen LogP contribution is -2.40. The molecule has 0 bridgehead atoms. The number of hydrogen-bond acceptors (Lipinski definition) is 8. The zero-order valence-corrected chi connectivity index (χ0v) is 27.5. The molecule has 48 heavy (non-hydrogen) atoms. The Morgan fingerprint density at radius 3 is 2.38 bits per heavy atom. The Kier molecular flexibility index (Phi) is 9.82. The lowest BCUT2D eigenvalue weighted by Gasteiger charge is -2.26. The van der Waals surface area contributed by atoms with Gasteiger partial charge in [-0.25, -0.2) is 14.2 Å². The second kappa shape index (κ2) is 14.5. The molecule has 5 aromatic rings. The van der Waals surface area contributed by atoms with Crippen molar-refractivity contribution in [2.24, 2.45) is 4.99 Å². The van der Waals surface area contributed by atoms with E-state index in [0.717, 1.165) is 5.56 Å². The van der Waals surface area contributed by atoms with E-state index in [-0.39, 0.29) is 30.2 Å². The van der Waals surface area contributed by atoms with Gasteiger partial charge in [-0.3, -0.25) is 9.36 Å². The number of esters is 1. The number of benzene rings is 4. The maximum absolute atomic E-state index is 14.3. The molecule has 0 N–H and O–H groups in total. The van der Waals surface area contributed by atoms with Crippen LogP contribution in [0.4, 0.5) is 4.39 Å². The van der Waals surface area contributed by atoms with Crippen molar-refractivity contribution in [2.45, 2.75) is 26.5 Å². The van der Waals surface area contributed by atoms with Gasteiger partial charge in [-0.2, -0.15) is 0 Å². The van der Waals surface area contributed by atoms with Crippen molar-refractivity contribution in [3.8, 4) is 17.2 Å². The number of rotatable bonds is 11. The molecule has 1 aliphatic heterocycles. The van der Waals surface area contributed by atoms with Gasteiger partial charge in [0.05, 0.1) is 42.2 Å². The van der Waals surface area contributed by atoms with Gasteiger partial charge in [-0.15, -0.1) is 0 Å².